The second-order valence-electron chi connectivity index (χ2n) is 6.84. The first kappa shape index (κ1) is 14.8. The Balaban J connectivity index is 2.11. The van der Waals surface area contributed by atoms with Gasteiger partial charge in [0.2, 0.25) is 5.91 Å². The average molecular weight is 266 g/mol. The Bertz CT molecular complexity index is 321. The van der Waals surface area contributed by atoms with E-state index in [-0.39, 0.29) is 12.2 Å². The van der Waals surface area contributed by atoms with Crippen molar-refractivity contribution in [3.05, 3.63) is 0 Å². The Morgan fingerprint density at radius 3 is 2.42 bits per heavy atom. The van der Waals surface area contributed by atoms with Gasteiger partial charge in [0.25, 0.3) is 0 Å². The maximum Gasteiger partial charge on any atom is 0.241 e. The van der Waals surface area contributed by atoms with E-state index in [2.05, 4.69) is 37.9 Å². The highest BCUT2D eigenvalue weighted by atomic mass is 16.2. The fraction of sp³-hybridized carbons (Fsp3) is 0.938. The molecule has 1 aliphatic heterocycles. The van der Waals surface area contributed by atoms with Crippen LogP contribution in [0.1, 0.15) is 66.2 Å². The summed E-state index contributed by atoms with van der Waals surface area (Å²) in [6.45, 7) is 9.71. The van der Waals surface area contributed by atoms with Crippen molar-refractivity contribution in [3.8, 4) is 0 Å². The molecule has 2 atom stereocenters. The van der Waals surface area contributed by atoms with Crippen LogP contribution in [0.4, 0.5) is 0 Å². The summed E-state index contributed by atoms with van der Waals surface area (Å²) in [6, 6.07) is 0.0280. The Labute approximate surface area is 118 Å². The number of hydrogen-bond acceptors (Lipinski definition) is 2. The summed E-state index contributed by atoms with van der Waals surface area (Å²) in [7, 11) is 0. The lowest BCUT2D eigenvalue weighted by Gasteiger charge is -2.35. The van der Waals surface area contributed by atoms with Crippen LogP contribution in [0.3, 0.4) is 0 Å². The molecule has 0 bridgehead atoms. The van der Waals surface area contributed by atoms with Crippen molar-refractivity contribution in [1.29, 1.82) is 0 Å². The fourth-order valence-corrected chi connectivity index (χ4v) is 3.81. The standard InChI is InChI=1S/C16H30N2O/c1-5-13-17-14(12(3)4)15(19)18(13)11-16(6-2)9-7-8-10-16/h12-14,17H,5-11H2,1-4H3. The van der Waals surface area contributed by atoms with Crippen molar-refractivity contribution >= 4 is 5.91 Å². The molecule has 1 aliphatic carbocycles. The quantitative estimate of drug-likeness (QED) is 0.829. The second-order valence-corrected chi connectivity index (χ2v) is 6.84. The molecule has 1 heterocycles. The molecule has 1 amide bonds. The van der Waals surface area contributed by atoms with Crippen molar-refractivity contribution in [3.63, 3.8) is 0 Å². The van der Waals surface area contributed by atoms with Gasteiger partial charge in [-0.05, 0) is 37.0 Å². The maximum atomic E-state index is 12.6. The van der Waals surface area contributed by atoms with E-state index in [4.69, 9.17) is 0 Å². The van der Waals surface area contributed by atoms with E-state index in [1.807, 2.05) is 0 Å². The Morgan fingerprint density at radius 2 is 1.95 bits per heavy atom. The zero-order valence-electron chi connectivity index (χ0n) is 13.0. The van der Waals surface area contributed by atoms with E-state index >= 15 is 0 Å². The Morgan fingerprint density at radius 1 is 1.32 bits per heavy atom. The molecule has 2 rings (SSSR count). The Kier molecular flexibility index (Phi) is 4.54. The van der Waals surface area contributed by atoms with Gasteiger partial charge >= 0.3 is 0 Å². The molecule has 1 N–H and O–H groups in total. The molecule has 2 fully saturated rings. The summed E-state index contributed by atoms with van der Waals surface area (Å²) >= 11 is 0. The van der Waals surface area contributed by atoms with E-state index in [0.717, 1.165) is 13.0 Å². The Hall–Kier alpha value is -0.570. The highest BCUT2D eigenvalue weighted by molar-refractivity contribution is 5.84. The first-order valence-electron chi connectivity index (χ1n) is 8.09. The largest absolute Gasteiger partial charge is 0.325 e. The summed E-state index contributed by atoms with van der Waals surface area (Å²) in [4.78, 5) is 14.8. The van der Waals surface area contributed by atoms with Crippen LogP contribution in [-0.4, -0.2) is 29.6 Å². The molecule has 0 radical (unpaired) electrons. The van der Waals surface area contributed by atoms with Gasteiger partial charge in [-0.3, -0.25) is 10.1 Å². The fourth-order valence-electron chi connectivity index (χ4n) is 3.81. The van der Waals surface area contributed by atoms with Gasteiger partial charge in [-0.1, -0.05) is 40.5 Å². The first-order chi connectivity index (χ1) is 9.03. The number of rotatable bonds is 5. The van der Waals surface area contributed by atoms with E-state index in [9.17, 15) is 4.79 Å². The highest BCUT2D eigenvalue weighted by Gasteiger charge is 2.43. The van der Waals surface area contributed by atoms with Crippen molar-refractivity contribution in [2.24, 2.45) is 11.3 Å². The topological polar surface area (TPSA) is 32.3 Å². The average Bonchev–Trinajstić information content (AvgIpc) is 2.97. The molecule has 19 heavy (non-hydrogen) atoms. The SMILES string of the molecule is CCC1NC(C(C)C)C(=O)N1CC1(CC)CCCC1. The molecule has 2 unspecified atom stereocenters. The molecule has 2 aliphatic rings. The highest BCUT2D eigenvalue weighted by Crippen LogP contribution is 2.42. The molecule has 110 valence electrons. The van der Waals surface area contributed by atoms with Gasteiger partial charge in [-0.25, -0.2) is 0 Å². The van der Waals surface area contributed by atoms with E-state index < -0.39 is 0 Å². The molecule has 3 heteroatoms. The number of carbonyl (C=O) groups excluding carboxylic acids is 1. The molecule has 0 aromatic carbocycles. The lowest BCUT2D eigenvalue weighted by molar-refractivity contribution is -0.132. The lowest BCUT2D eigenvalue weighted by Crippen LogP contribution is -2.43. The van der Waals surface area contributed by atoms with Crippen LogP contribution in [0.15, 0.2) is 0 Å². The van der Waals surface area contributed by atoms with E-state index in [1.165, 1.54) is 32.1 Å². The minimum absolute atomic E-state index is 0.0280. The third-order valence-corrected chi connectivity index (χ3v) is 5.27. The van der Waals surface area contributed by atoms with Crippen LogP contribution in [0.25, 0.3) is 0 Å². The molecular formula is C16H30N2O. The van der Waals surface area contributed by atoms with Gasteiger partial charge in [0.05, 0.1) is 12.2 Å². The summed E-state index contributed by atoms with van der Waals surface area (Å²) in [5.74, 6) is 0.717. The number of hydrogen-bond donors (Lipinski definition) is 1. The molecule has 0 aromatic heterocycles. The molecule has 1 saturated heterocycles. The predicted octanol–water partition coefficient (Wildman–Crippen LogP) is 3.15. The molecule has 0 spiro atoms. The van der Waals surface area contributed by atoms with Gasteiger partial charge in [0, 0.05) is 6.54 Å². The summed E-state index contributed by atoms with van der Waals surface area (Å²) < 4.78 is 0. The third-order valence-electron chi connectivity index (χ3n) is 5.27. The maximum absolute atomic E-state index is 12.6. The number of nitrogens with one attached hydrogen (secondary N) is 1. The minimum atomic E-state index is 0.0280. The van der Waals surface area contributed by atoms with Gasteiger partial charge in [-0.15, -0.1) is 0 Å². The molecular weight excluding hydrogens is 236 g/mol. The van der Waals surface area contributed by atoms with Crippen molar-refractivity contribution in [1.82, 2.24) is 10.2 Å². The van der Waals surface area contributed by atoms with Crippen LogP contribution < -0.4 is 5.32 Å². The summed E-state index contributed by atoms with van der Waals surface area (Å²) in [6.07, 6.45) is 7.76. The van der Waals surface area contributed by atoms with Gasteiger partial charge in [0.1, 0.15) is 0 Å². The van der Waals surface area contributed by atoms with E-state index in [1.54, 1.807) is 0 Å². The number of nitrogens with zero attached hydrogens (tertiary/aromatic N) is 1. The zero-order chi connectivity index (χ0) is 14.0. The summed E-state index contributed by atoms with van der Waals surface area (Å²) in [5, 5.41) is 3.53. The van der Waals surface area contributed by atoms with Crippen LogP contribution >= 0.6 is 0 Å². The van der Waals surface area contributed by atoms with Gasteiger partial charge in [-0.2, -0.15) is 0 Å². The van der Waals surface area contributed by atoms with Crippen molar-refractivity contribution in [2.45, 2.75) is 78.4 Å². The van der Waals surface area contributed by atoms with Crippen LogP contribution in [-0.2, 0) is 4.79 Å². The van der Waals surface area contributed by atoms with Crippen molar-refractivity contribution in [2.75, 3.05) is 6.54 Å². The van der Waals surface area contributed by atoms with Gasteiger partial charge < -0.3 is 4.90 Å². The minimum Gasteiger partial charge on any atom is -0.325 e. The monoisotopic (exact) mass is 266 g/mol. The van der Waals surface area contributed by atoms with E-state index in [0.29, 0.717) is 17.2 Å². The number of amides is 1. The second kappa shape index (κ2) is 5.82. The number of carbonyl (C=O) groups is 1. The smallest absolute Gasteiger partial charge is 0.241 e. The van der Waals surface area contributed by atoms with Crippen molar-refractivity contribution < 1.29 is 4.79 Å². The van der Waals surface area contributed by atoms with Gasteiger partial charge in [0.15, 0.2) is 0 Å². The van der Waals surface area contributed by atoms with Crippen LogP contribution in [0.2, 0.25) is 0 Å². The lowest BCUT2D eigenvalue weighted by atomic mass is 9.82. The molecule has 0 aromatic rings. The van der Waals surface area contributed by atoms with Crippen LogP contribution in [0.5, 0.6) is 0 Å². The summed E-state index contributed by atoms with van der Waals surface area (Å²) in [5.41, 5.74) is 0.399. The third kappa shape index (κ3) is 2.81. The zero-order valence-corrected chi connectivity index (χ0v) is 13.0. The predicted molar refractivity (Wildman–Crippen MR) is 78.7 cm³/mol. The van der Waals surface area contributed by atoms with Crippen LogP contribution in [0, 0.1) is 11.3 Å². The normalized spacial score (nSPS) is 30.6. The first-order valence-corrected chi connectivity index (χ1v) is 8.09. The molecule has 3 nitrogen and oxygen atoms in total. The molecule has 1 saturated carbocycles.